The van der Waals surface area contributed by atoms with E-state index < -0.39 is 6.09 Å². The van der Waals surface area contributed by atoms with E-state index in [1.54, 1.807) is 24.3 Å². The van der Waals surface area contributed by atoms with Gasteiger partial charge < -0.3 is 4.74 Å². The first-order valence-corrected chi connectivity index (χ1v) is 8.31. The SMILES string of the molecule is Cc1ccc(NC(=O)OCc2ccccc2)cc1C(=O)c1ccccc1. The summed E-state index contributed by atoms with van der Waals surface area (Å²) in [6, 6.07) is 23.7. The van der Waals surface area contributed by atoms with E-state index in [-0.39, 0.29) is 12.4 Å². The molecule has 1 N–H and O–H groups in total. The highest BCUT2D eigenvalue weighted by molar-refractivity contribution is 6.10. The topological polar surface area (TPSA) is 55.4 Å². The Hall–Kier alpha value is -3.40. The van der Waals surface area contributed by atoms with Gasteiger partial charge in [0.05, 0.1) is 0 Å². The van der Waals surface area contributed by atoms with Crippen LogP contribution in [0.5, 0.6) is 0 Å². The second kappa shape index (κ2) is 8.12. The molecule has 4 nitrogen and oxygen atoms in total. The molecular weight excluding hydrogens is 326 g/mol. The Bertz CT molecular complexity index is 905. The molecule has 130 valence electrons. The van der Waals surface area contributed by atoms with Gasteiger partial charge in [0.15, 0.2) is 5.78 Å². The maximum Gasteiger partial charge on any atom is 0.411 e. The van der Waals surface area contributed by atoms with Crippen LogP contribution in [-0.2, 0) is 11.3 Å². The molecule has 3 rings (SSSR count). The van der Waals surface area contributed by atoms with Crippen LogP contribution in [0, 0.1) is 6.92 Å². The van der Waals surface area contributed by atoms with Crippen molar-refractivity contribution >= 4 is 17.6 Å². The van der Waals surface area contributed by atoms with Gasteiger partial charge in [-0.15, -0.1) is 0 Å². The van der Waals surface area contributed by atoms with Crippen molar-refractivity contribution in [3.05, 3.63) is 101 Å². The third-order valence-corrected chi connectivity index (χ3v) is 3.98. The van der Waals surface area contributed by atoms with Crippen LogP contribution in [0.3, 0.4) is 0 Å². The number of nitrogens with one attached hydrogen (secondary N) is 1. The minimum absolute atomic E-state index is 0.0793. The lowest BCUT2D eigenvalue weighted by atomic mass is 9.98. The molecule has 0 aliphatic rings. The van der Waals surface area contributed by atoms with Gasteiger partial charge in [0, 0.05) is 16.8 Å². The number of anilines is 1. The molecule has 1 amide bonds. The van der Waals surface area contributed by atoms with Crippen molar-refractivity contribution in [3.8, 4) is 0 Å². The Morgan fingerprint density at radius 1 is 0.885 bits per heavy atom. The average Bonchev–Trinajstić information content (AvgIpc) is 2.69. The lowest BCUT2D eigenvalue weighted by Gasteiger charge is -2.10. The van der Waals surface area contributed by atoms with Crippen LogP contribution in [0.25, 0.3) is 0 Å². The standard InChI is InChI=1S/C22H19NO3/c1-16-12-13-19(14-20(16)21(24)18-10-6-3-7-11-18)23-22(25)26-15-17-8-4-2-5-9-17/h2-14H,15H2,1H3,(H,23,25). The van der Waals surface area contributed by atoms with Crippen LogP contribution in [-0.4, -0.2) is 11.9 Å². The predicted molar refractivity (Wildman–Crippen MR) is 101 cm³/mol. The maximum absolute atomic E-state index is 12.7. The maximum atomic E-state index is 12.7. The fourth-order valence-electron chi connectivity index (χ4n) is 2.57. The first-order chi connectivity index (χ1) is 12.6. The number of ether oxygens (including phenoxy) is 1. The third kappa shape index (κ3) is 4.36. The fraction of sp³-hybridized carbons (Fsp3) is 0.0909. The Morgan fingerprint density at radius 2 is 1.54 bits per heavy atom. The number of benzene rings is 3. The van der Waals surface area contributed by atoms with Gasteiger partial charge in [-0.2, -0.15) is 0 Å². The summed E-state index contributed by atoms with van der Waals surface area (Å²) in [5.74, 6) is -0.0793. The number of rotatable bonds is 5. The molecule has 0 saturated carbocycles. The van der Waals surface area contributed by atoms with Crippen molar-refractivity contribution < 1.29 is 14.3 Å². The second-order valence-electron chi connectivity index (χ2n) is 5.91. The van der Waals surface area contributed by atoms with Gasteiger partial charge in [0.1, 0.15) is 6.61 Å². The zero-order chi connectivity index (χ0) is 18.4. The van der Waals surface area contributed by atoms with Gasteiger partial charge in [0.2, 0.25) is 0 Å². The van der Waals surface area contributed by atoms with Gasteiger partial charge in [-0.05, 0) is 30.2 Å². The van der Waals surface area contributed by atoms with Crippen molar-refractivity contribution in [1.82, 2.24) is 0 Å². The molecular formula is C22H19NO3. The first kappa shape index (κ1) is 17.4. The molecule has 0 radical (unpaired) electrons. The quantitative estimate of drug-likeness (QED) is 0.664. The van der Waals surface area contributed by atoms with Crippen molar-refractivity contribution in [1.29, 1.82) is 0 Å². The van der Waals surface area contributed by atoms with Gasteiger partial charge in [-0.3, -0.25) is 10.1 Å². The van der Waals surface area contributed by atoms with E-state index >= 15 is 0 Å². The molecule has 0 saturated heterocycles. The first-order valence-electron chi connectivity index (χ1n) is 8.31. The number of carbonyl (C=O) groups excluding carboxylic acids is 2. The van der Waals surface area contributed by atoms with Crippen molar-refractivity contribution in [3.63, 3.8) is 0 Å². The highest BCUT2D eigenvalue weighted by Crippen LogP contribution is 2.19. The van der Waals surface area contributed by atoms with E-state index in [0.29, 0.717) is 16.8 Å². The number of amides is 1. The molecule has 0 spiro atoms. The minimum Gasteiger partial charge on any atom is -0.444 e. The summed E-state index contributed by atoms with van der Waals surface area (Å²) in [6.45, 7) is 2.06. The monoisotopic (exact) mass is 345 g/mol. The minimum atomic E-state index is -0.559. The van der Waals surface area contributed by atoms with Gasteiger partial charge in [-0.25, -0.2) is 4.79 Å². The molecule has 3 aromatic rings. The zero-order valence-electron chi connectivity index (χ0n) is 14.4. The van der Waals surface area contributed by atoms with E-state index in [0.717, 1.165) is 11.1 Å². The lowest BCUT2D eigenvalue weighted by molar-refractivity contribution is 0.103. The fourth-order valence-corrected chi connectivity index (χ4v) is 2.57. The predicted octanol–water partition coefficient (Wildman–Crippen LogP) is 4.97. The van der Waals surface area contributed by atoms with Crippen molar-refractivity contribution in [2.75, 3.05) is 5.32 Å². The summed E-state index contributed by atoms with van der Waals surface area (Å²) < 4.78 is 5.21. The van der Waals surface area contributed by atoms with Crippen molar-refractivity contribution in [2.45, 2.75) is 13.5 Å². The van der Waals surface area contributed by atoms with E-state index in [9.17, 15) is 9.59 Å². The molecule has 0 aliphatic heterocycles. The Balaban J connectivity index is 1.69. The largest absolute Gasteiger partial charge is 0.444 e. The van der Waals surface area contributed by atoms with E-state index in [1.165, 1.54) is 0 Å². The molecule has 3 aromatic carbocycles. The molecule has 26 heavy (non-hydrogen) atoms. The molecule has 0 aliphatic carbocycles. The Morgan fingerprint density at radius 3 is 2.23 bits per heavy atom. The van der Waals surface area contributed by atoms with Crippen LogP contribution < -0.4 is 5.32 Å². The van der Waals surface area contributed by atoms with Crippen LogP contribution >= 0.6 is 0 Å². The lowest BCUT2D eigenvalue weighted by Crippen LogP contribution is -2.14. The summed E-state index contributed by atoms with van der Waals surface area (Å²) in [5, 5.41) is 2.67. The molecule has 0 aromatic heterocycles. The zero-order valence-corrected chi connectivity index (χ0v) is 14.4. The third-order valence-electron chi connectivity index (χ3n) is 3.98. The summed E-state index contributed by atoms with van der Waals surface area (Å²) >= 11 is 0. The number of carbonyl (C=O) groups is 2. The Labute approximate surface area is 152 Å². The number of ketones is 1. The van der Waals surface area contributed by atoms with Crippen LogP contribution in [0.2, 0.25) is 0 Å². The van der Waals surface area contributed by atoms with E-state index in [4.69, 9.17) is 4.74 Å². The second-order valence-corrected chi connectivity index (χ2v) is 5.91. The molecule has 0 fully saturated rings. The number of hydrogen-bond acceptors (Lipinski definition) is 3. The normalized spacial score (nSPS) is 10.2. The van der Waals surface area contributed by atoms with Gasteiger partial charge in [-0.1, -0.05) is 66.7 Å². The molecule has 4 heteroatoms. The molecule has 0 bridgehead atoms. The summed E-state index contributed by atoms with van der Waals surface area (Å²) in [6.07, 6.45) is -0.559. The molecule has 0 atom stereocenters. The van der Waals surface area contributed by atoms with Crippen LogP contribution in [0.15, 0.2) is 78.9 Å². The summed E-state index contributed by atoms with van der Waals surface area (Å²) in [4.78, 5) is 24.7. The van der Waals surface area contributed by atoms with Crippen molar-refractivity contribution in [2.24, 2.45) is 0 Å². The van der Waals surface area contributed by atoms with Crippen LogP contribution in [0.4, 0.5) is 10.5 Å². The average molecular weight is 345 g/mol. The van der Waals surface area contributed by atoms with E-state index in [1.807, 2.05) is 61.5 Å². The molecule has 0 heterocycles. The van der Waals surface area contributed by atoms with E-state index in [2.05, 4.69) is 5.32 Å². The summed E-state index contributed by atoms with van der Waals surface area (Å²) in [5.41, 5.74) is 3.44. The number of hydrogen-bond donors (Lipinski definition) is 1. The summed E-state index contributed by atoms with van der Waals surface area (Å²) in [7, 11) is 0. The highest BCUT2D eigenvalue weighted by Gasteiger charge is 2.13. The number of aryl methyl sites for hydroxylation is 1. The highest BCUT2D eigenvalue weighted by atomic mass is 16.5. The Kier molecular flexibility index (Phi) is 5.44. The van der Waals surface area contributed by atoms with Crippen LogP contribution in [0.1, 0.15) is 27.0 Å². The van der Waals surface area contributed by atoms with Gasteiger partial charge in [0.25, 0.3) is 0 Å². The van der Waals surface area contributed by atoms with Gasteiger partial charge >= 0.3 is 6.09 Å². The molecule has 0 unspecified atom stereocenters. The smallest absolute Gasteiger partial charge is 0.411 e.